The second-order valence-electron chi connectivity index (χ2n) is 6.38. The number of ether oxygens (including phenoxy) is 2. The molecule has 13 nitrogen and oxygen atoms in total. The molecule has 0 amide bonds. The quantitative estimate of drug-likeness (QED) is 0.316. The number of esters is 1. The minimum atomic E-state index is -4.31. The molecule has 2 fully saturated rings. The Bertz CT molecular complexity index is 1030. The molecule has 1 radical (unpaired) electrons. The molecule has 2 aliphatic heterocycles. The van der Waals surface area contributed by atoms with Crippen molar-refractivity contribution >= 4 is 60.5 Å². The molecule has 2 aromatic heterocycles. The molecule has 4 rings (SSSR count). The number of H-pyrrole nitrogens is 1. The maximum Gasteiger partial charge on any atom is 0.472 e. The summed E-state index contributed by atoms with van der Waals surface area (Å²) in [6, 6.07) is 0. The second kappa shape index (κ2) is 8.44. The number of carbonyl (C=O) groups is 1. The number of fused-ring (bicyclic) bond motifs is 2. The van der Waals surface area contributed by atoms with E-state index in [1.807, 2.05) is 6.92 Å². The molecule has 0 bridgehead atoms. The molecule has 2 saturated heterocycles. The summed E-state index contributed by atoms with van der Waals surface area (Å²) in [5, 5.41) is 0. The number of aromatic nitrogens is 4. The molecule has 29 heavy (non-hydrogen) atoms. The largest absolute Gasteiger partial charge is 0.472 e. The van der Waals surface area contributed by atoms with Crippen LogP contribution in [0.1, 0.15) is 26.0 Å². The van der Waals surface area contributed by atoms with Crippen LogP contribution in [0.15, 0.2) is 11.1 Å². The predicted octanol–water partition coefficient (Wildman–Crippen LogP) is -0.554. The van der Waals surface area contributed by atoms with Gasteiger partial charge in [0.15, 0.2) is 23.5 Å². The third-order valence-corrected chi connectivity index (χ3v) is 5.37. The van der Waals surface area contributed by atoms with Gasteiger partial charge in [-0.25, -0.2) is 9.55 Å². The Hall–Kier alpha value is -1.31. The fourth-order valence-corrected chi connectivity index (χ4v) is 4.17. The first-order valence-electron chi connectivity index (χ1n) is 8.52. The van der Waals surface area contributed by atoms with Gasteiger partial charge in [-0.2, -0.15) is 4.98 Å². The van der Waals surface area contributed by atoms with Gasteiger partial charge < -0.3 is 20.1 Å². The van der Waals surface area contributed by atoms with Gasteiger partial charge in [0.2, 0.25) is 5.95 Å². The van der Waals surface area contributed by atoms with Crippen LogP contribution in [-0.4, -0.2) is 84.9 Å². The van der Waals surface area contributed by atoms with Crippen molar-refractivity contribution in [2.24, 2.45) is 0 Å². The summed E-state index contributed by atoms with van der Waals surface area (Å²) < 4.78 is 34.5. The first-order chi connectivity index (χ1) is 13.3. The molecule has 15 heteroatoms. The number of nitrogens with two attached hydrogens (primary N) is 1. The van der Waals surface area contributed by atoms with Crippen LogP contribution >= 0.6 is 7.82 Å². The SMILES string of the molecule is CCCC(=O)O[C@@H]1[C@@H]2OP(=O)(O)OC[C@H]2O[C@H]1n1cnc2c(=O)[nH]c(N)nc21.[Na]. The van der Waals surface area contributed by atoms with Gasteiger partial charge in [-0.05, 0) is 6.42 Å². The average Bonchev–Trinajstić information content (AvgIpc) is 3.16. The van der Waals surface area contributed by atoms with Crippen molar-refractivity contribution in [1.82, 2.24) is 19.5 Å². The summed E-state index contributed by atoms with van der Waals surface area (Å²) in [5.74, 6) is -0.659. The van der Waals surface area contributed by atoms with Crippen molar-refractivity contribution in [3.8, 4) is 0 Å². The summed E-state index contributed by atoms with van der Waals surface area (Å²) >= 11 is 0. The number of hydrogen-bond donors (Lipinski definition) is 3. The van der Waals surface area contributed by atoms with E-state index >= 15 is 0 Å². The van der Waals surface area contributed by atoms with Crippen LogP contribution in [0, 0.1) is 0 Å². The van der Waals surface area contributed by atoms with Crippen molar-refractivity contribution in [2.45, 2.75) is 44.3 Å². The van der Waals surface area contributed by atoms with E-state index in [2.05, 4.69) is 15.0 Å². The standard InChI is InChI=1S/C14H18N5O8P.Na/c1-2-3-7(20)26-10-9-6(4-24-28(22,23)27-9)25-13(10)19-5-16-8-11(19)17-14(15)18-12(8)21;/h5-6,9-10,13H,2-4H2,1H3,(H,22,23)(H3,15,17,18,21);/t6-,9-,10-,13-;/m1./s1. The van der Waals surface area contributed by atoms with Crippen LogP contribution in [0.4, 0.5) is 5.95 Å². The summed E-state index contributed by atoms with van der Waals surface area (Å²) in [6.07, 6.45) is -1.96. The van der Waals surface area contributed by atoms with Crippen molar-refractivity contribution in [1.29, 1.82) is 0 Å². The number of hydrogen-bond acceptors (Lipinski definition) is 10. The topological polar surface area (TPSA) is 181 Å². The molecule has 153 valence electrons. The summed E-state index contributed by atoms with van der Waals surface area (Å²) in [7, 11) is -4.31. The number of nitrogens with one attached hydrogen (secondary N) is 1. The van der Waals surface area contributed by atoms with Gasteiger partial charge in [0, 0.05) is 36.0 Å². The molecule has 2 aliphatic rings. The van der Waals surface area contributed by atoms with Gasteiger partial charge >= 0.3 is 13.8 Å². The van der Waals surface area contributed by atoms with E-state index in [-0.39, 0.29) is 59.7 Å². The Balaban J connectivity index is 0.00000240. The van der Waals surface area contributed by atoms with Crippen LogP contribution in [0.2, 0.25) is 0 Å². The fraction of sp³-hybridized carbons (Fsp3) is 0.571. The fourth-order valence-electron chi connectivity index (χ4n) is 3.21. The maximum absolute atomic E-state index is 12.1. The first-order valence-corrected chi connectivity index (χ1v) is 10.0. The van der Waals surface area contributed by atoms with Gasteiger partial charge in [0.25, 0.3) is 5.56 Å². The van der Waals surface area contributed by atoms with Gasteiger partial charge in [0.05, 0.1) is 12.9 Å². The molecule has 0 saturated carbocycles. The summed E-state index contributed by atoms with van der Waals surface area (Å²) in [5.41, 5.74) is 5.18. The number of imidazole rings is 1. The first kappa shape index (κ1) is 22.4. The number of phosphoric ester groups is 1. The number of nitrogens with zero attached hydrogens (tertiary/aromatic N) is 3. The van der Waals surface area contributed by atoms with Crippen molar-refractivity contribution in [3.05, 3.63) is 16.7 Å². The van der Waals surface area contributed by atoms with E-state index in [4.69, 9.17) is 24.3 Å². The number of rotatable bonds is 4. The minimum absolute atomic E-state index is 0. The third-order valence-electron chi connectivity index (χ3n) is 4.39. The molecular weight excluding hydrogens is 420 g/mol. The molecule has 0 aliphatic carbocycles. The van der Waals surface area contributed by atoms with Crippen molar-refractivity contribution < 1.29 is 32.8 Å². The number of nitrogen functional groups attached to an aromatic ring is 1. The number of carbonyl (C=O) groups excluding carboxylic acids is 1. The molecule has 5 atom stereocenters. The van der Waals surface area contributed by atoms with Crippen LogP contribution < -0.4 is 11.3 Å². The summed E-state index contributed by atoms with van der Waals surface area (Å²) in [6.45, 7) is 1.57. The molecule has 2 aromatic rings. The van der Waals surface area contributed by atoms with E-state index in [0.717, 1.165) is 0 Å². The molecule has 4 N–H and O–H groups in total. The molecular formula is C14H18N5NaO8P. The Morgan fingerprint density at radius 3 is 3.03 bits per heavy atom. The summed E-state index contributed by atoms with van der Waals surface area (Å²) in [4.78, 5) is 44.2. The Morgan fingerprint density at radius 1 is 1.55 bits per heavy atom. The zero-order valence-corrected chi connectivity index (χ0v) is 18.6. The molecule has 1 unspecified atom stereocenters. The van der Waals surface area contributed by atoms with Crippen LogP contribution in [0.3, 0.4) is 0 Å². The van der Waals surface area contributed by atoms with Gasteiger partial charge in [-0.15, -0.1) is 0 Å². The monoisotopic (exact) mass is 438 g/mol. The maximum atomic E-state index is 12.1. The van der Waals surface area contributed by atoms with Crippen molar-refractivity contribution in [3.63, 3.8) is 0 Å². The van der Waals surface area contributed by atoms with Gasteiger partial charge in [0.1, 0.15) is 12.2 Å². The van der Waals surface area contributed by atoms with E-state index in [0.29, 0.717) is 6.42 Å². The molecule has 0 spiro atoms. The van der Waals surface area contributed by atoms with E-state index < -0.39 is 43.9 Å². The Morgan fingerprint density at radius 2 is 2.31 bits per heavy atom. The number of aromatic amines is 1. The van der Waals surface area contributed by atoms with Gasteiger partial charge in [-0.1, -0.05) is 6.92 Å². The Kier molecular flexibility index (Phi) is 6.51. The van der Waals surface area contributed by atoms with Crippen LogP contribution in [0.25, 0.3) is 11.2 Å². The van der Waals surface area contributed by atoms with Crippen LogP contribution in [-0.2, 0) is 27.9 Å². The average molecular weight is 438 g/mol. The normalized spacial score (nSPS) is 31.2. The van der Waals surface area contributed by atoms with E-state index in [1.165, 1.54) is 10.9 Å². The smallest absolute Gasteiger partial charge is 0.455 e. The molecule has 4 heterocycles. The predicted molar refractivity (Wildman–Crippen MR) is 97.7 cm³/mol. The van der Waals surface area contributed by atoms with E-state index in [1.54, 1.807) is 0 Å². The van der Waals surface area contributed by atoms with E-state index in [9.17, 15) is 19.0 Å². The second-order valence-corrected chi connectivity index (χ2v) is 7.79. The van der Waals surface area contributed by atoms with Crippen molar-refractivity contribution in [2.75, 3.05) is 12.3 Å². The number of anilines is 1. The van der Waals surface area contributed by atoms with Gasteiger partial charge in [-0.3, -0.25) is 28.2 Å². The van der Waals surface area contributed by atoms with Crippen LogP contribution in [0.5, 0.6) is 0 Å². The Labute approximate surface area is 185 Å². The minimum Gasteiger partial charge on any atom is -0.455 e. The molecule has 0 aromatic carbocycles. The third kappa shape index (κ3) is 4.28. The number of phosphoric acid groups is 1. The zero-order chi connectivity index (χ0) is 20.1. The zero-order valence-electron chi connectivity index (χ0n) is 15.7.